The number of hydrogen-bond donors (Lipinski definition) is 6. The molecule has 0 bridgehead atoms. The van der Waals surface area contributed by atoms with Gasteiger partial charge in [0, 0.05) is 5.75 Å². The molecule has 6 N–H and O–H groups in total. The lowest BCUT2D eigenvalue weighted by atomic mass is 9.98. The van der Waals surface area contributed by atoms with Gasteiger partial charge in [-0.15, -0.1) is 0 Å². The number of hydrogen-bond acceptors (Lipinski definition) is 6. The Morgan fingerprint density at radius 3 is 1.76 bits per heavy atom. The first-order valence-electron chi connectivity index (χ1n) is 9.87. The van der Waals surface area contributed by atoms with E-state index in [1.165, 1.54) is 0 Å². The Morgan fingerprint density at radius 1 is 0.862 bits per heavy atom. The maximum atomic E-state index is 12.7. The zero-order chi connectivity index (χ0) is 22.9. The van der Waals surface area contributed by atoms with Crippen LogP contribution in [0.1, 0.15) is 48.0 Å². The van der Waals surface area contributed by atoms with Crippen LogP contribution < -0.4 is 21.7 Å². The highest BCUT2D eigenvalue weighted by molar-refractivity contribution is 7.80. The lowest BCUT2D eigenvalue weighted by molar-refractivity contribution is -0.143. The summed E-state index contributed by atoms with van der Waals surface area (Å²) in [7, 11) is 0. The fraction of sp³-hybridized carbons (Fsp3) is 0.789. The van der Waals surface area contributed by atoms with E-state index in [1.807, 2.05) is 6.92 Å². The van der Waals surface area contributed by atoms with Crippen LogP contribution in [0.2, 0.25) is 0 Å². The third-order valence-corrected chi connectivity index (χ3v) is 5.23. The van der Waals surface area contributed by atoms with Crippen LogP contribution in [-0.2, 0) is 19.2 Å². The van der Waals surface area contributed by atoms with Gasteiger partial charge in [-0.1, -0.05) is 48.0 Å². The van der Waals surface area contributed by atoms with E-state index in [0.29, 0.717) is 6.42 Å². The second-order valence-electron chi connectivity index (χ2n) is 7.95. The molecule has 0 radical (unpaired) electrons. The van der Waals surface area contributed by atoms with Gasteiger partial charge in [-0.25, -0.2) is 4.79 Å². The first-order chi connectivity index (χ1) is 13.4. The number of thiol groups is 1. The smallest absolute Gasteiger partial charge is 0.326 e. The highest BCUT2D eigenvalue weighted by Crippen LogP contribution is 2.09. The molecule has 0 spiro atoms. The quantitative estimate of drug-likeness (QED) is 0.241. The van der Waals surface area contributed by atoms with E-state index in [-0.39, 0.29) is 23.5 Å². The van der Waals surface area contributed by atoms with E-state index >= 15 is 0 Å². The lowest BCUT2D eigenvalue weighted by Gasteiger charge is -2.27. The van der Waals surface area contributed by atoms with Crippen LogP contribution in [0.15, 0.2) is 0 Å². The molecule has 29 heavy (non-hydrogen) atoms. The zero-order valence-electron chi connectivity index (χ0n) is 18.1. The van der Waals surface area contributed by atoms with Crippen molar-refractivity contribution in [1.82, 2.24) is 16.0 Å². The number of nitrogens with two attached hydrogens (primary N) is 1. The molecule has 9 nitrogen and oxygen atoms in total. The first kappa shape index (κ1) is 27.2. The Hall–Kier alpha value is -1.81. The maximum Gasteiger partial charge on any atom is 0.326 e. The van der Waals surface area contributed by atoms with Crippen molar-refractivity contribution in [3.8, 4) is 0 Å². The Morgan fingerprint density at radius 2 is 1.38 bits per heavy atom. The van der Waals surface area contributed by atoms with E-state index in [1.54, 1.807) is 34.6 Å². The molecule has 0 aliphatic heterocycles. The Bertz CT molecular complexity index is 585. The normalized spacial score (nSPS) is 16.5. The molecule has 0 aromatic heterocycles. The van der Waals surface area contributed by atoms with Crippen LogP contribution in [0.3, 0.4) is 0 Å². The van der Waals surface area contributed by atoms with Gasteiger partial charge in [0.05, 0.1) is 6.04 Å². The standard InChI is InChI=1S/C19H36N4O5S/c1-7-11(6)15(19(27)28)23-16(24)12(8-29)21-18(26)14(10(4)5)22-17(25)13(20)9(2)3/h9-15,29H,7-8,20H2,1-6H3,(H,21,26)(H,22,25)(H,23,24)(H,27,28). The fourth-order valence-corrected chi connectivity index (χ4v) is 2.74. The third kappa shape index (κ3) is 8.61. The van der Waals surface area contributed by atoms with Gasteiger partial charge in [0.15, 0.2) is 0 Å². The summed E-state index contributed by atoms with van der Waals surface area (Å²) in [6.07, 6.45) is 0.562. The number of carboxylic acids is 1. The number of amides is 3. The van der Waals surface area contributed by atoms with Gasteiger partial charge in [0.1, 0.15) is 18.1 Å². The van der Waals surface area contributed by atoms with E-state index in [2.05, 4.69) is 28.6 Å². The number of carbonyl (C=O) groups excluding carboxylic acids is 3. The minimum absolute atomic E-state index is 0.0330. The molecule has 0 fully saturated rings. The molecule has 0 aliphatic carbocycles. The van der Waals surface area contributed by atoms with Gasteiger partial charge < -0.3 is 26.8 Å². The molecule has 0 aromatic rings. The maximum absolute atomic E-state index is 12.7. The van der Waals surface area contributed by atoms with E-state index < -0.39 is 47.9 Å². The Labute approximate surface area is 178 Å². The average molecular weight is 433 g/mol. The predicted octanol–water partition coefficient (Wildman–Crippen LogP) is 0.141. The van der Waals surface area contributed by atoms with E-state index in [0.717, 1.165) is 0 Å². The molecule has 5 atom stereocenters. The molecule has 0 saturated carbocycles. The molecule has 5 unspecified atom stereocenters. The van der Waals surface area contributed by atoms with Crippen molar-refractivity contribution in [3.63, 3.8) is 0 Å². The van der Waals surface area contributed by atoms with Gasteiger partial charge in [-0.3, -0.25) is 14.4 Å². The fourth-order valence-electron chi connectivity index (χ4n) is 2.48. The number of rotatable bonds is 12. The highest BCUT2D eigenvalue weighted by Gasteiger charge is 2.32. The van der Waals surface area contributed by atoms with Gasteiger partial charge in [0.25, 0.3) is 0 Å². The van der Waals surface area contributed by atoms with Gasteiger partial charge in [0.2, 0.25) is 17.7 Å². The predicted molar refractivity (Wildman–Crippen MR) is 114 cm³/mol. The summed E-state index contributed by atoms with van der Waals surface area (Å²) in [5.74, 6) is -3.48. The molecular weight excluding hydrogens is 396 g/mol. The largest absolute Gasteiger partial charge is 0.480 e. The minimum atomic E-state index is -1.15. The van der Waals surface area contributed by atoms with Crippen LogP contribution in [0.4, 0.5) is 0 Å². The van der Waals surface area contributed by atoms with Gasteiger partial charge in [-0.05, 0) is 17.8 Å². The van der Waals surface area contributed by atoms with Gasteiger partial charge in [-0.2, -0.15) is 12.6 Å². The molecule has 3 amide bonds. The van der Waals surface area contributed by atoms with Gasteiger partial charge >= 0.3 is 5.97 Å². The third-order valence-electron chi connectivity index (χ3n) is 4.86. The van der Waals surface area contributed by atoms with E-state index in [4.69, 9.17) is 5.73 Å². The summed E-state index contributed by atoms with van der Waals surface area (Å²) in [6.45, 7) is 10.6. The summed E-state index contributed by atoms with van der Waals surface area (Å²) in [5.41, 5.74) is 5.83. The van der Waals surface area contributed by atoms with Crippen LogP contribution in [0.25, 0.3) is 0 Å². The number of aliphatic carboxylic acids is 1. The van der Waals surface area contributed by atoms with Crippen molar-refractivity contribution in [2.24, 2.45) is 23.5 Å². The summed E-state index contributed by atoms with van der Waals surface area (Å²) in [4.78, 5) is 48.9. The first-order valence-corrected chi connectivity index (χ1v) is 10.5. The number of nitrogens with one attached hydrogen (secondary N) is 3. The highest BCUT2D eigenvalue weighted by atomic mass is 32.1. The number of carboxylic acid groups (broad SMARTS) is 1. The van der Waals surface area contributed by atoms with Crippen molar-refractivity contribution in [2.75, 3.05) is 5.75 Å². The SMILES string of the molecule is CCC(C)C(NC(=O)C(CS)NC(=O)C(NC(=O)C(N)C(C)C)C(C)C)C(=O)O. The van der Waals surface area contributed by atoms with Crippen LogP contribution in [0.5, 0.6) is 0 Å². The monoisotopic (exact) mass is 432 g/mol. The molecule has 0 saturated heterocycles. The van der Waals surface area contributed by atoms with Crippen molar-refractivity contribution in [3.05, 3.63) is 0 Å². The molecule has 0 rings (SSSR count). The van der Waals surface area contributed by atoms with Crippen LogP contribution in [-0.4, -0.2) is 58.7 Å². The van der Waals surface area contributed by atoms with Crippen molar-refractivity contribution in [1.29, 1.82) is 0 Å². The lowest BCUT2D eigenvalue weighted by Crippen LogP contribution is -2.59. The van der Waals surface area contributed by atoms with Crippen molar-refractivity contribution < 1.29 is 24.3 Å². The molecule has 0 aliphatic rings. The molecule has 0 aromatic carbocycles. The second-order valence-corrected chi connectivity index (χ2v) is 8.32. The summed E-state index contributed by atoms with van der Waals surface area (Å²) < 4.78 is 0. The summed E-state index contributed by atoms with van der Waals surface area (Å²) in [5, 5.41) is 17.0. The summed E-state index contributed by atoms with van der Waals surface area (Å²) >= 11 is 4.10. The number of carbonyl (C=O) groups is 4. The molecule has 0 heterocycles. The Balaban J connectivity index is 5.22. The molecular formula is C19H36N4O5S. The summed E-state index contributed by atoms with van der Waals surface area (Å²) in [6, 6.07) is -3.78. The zero-order valence-corrected chi connectivity index (χ0v) is 19.0. The minimum Gasteiger partial charge on any atom is -0.480 e. The van der Waals surface area contributed by atoms with Crippen molar-refractivity contribution in [2.45, 2.75) is 72.1 Å². The molecule has 10 heteroatoms. The second kappa shape index (κ2) is 12.7. The Kier molecular flexibility index (Phi) is 11.9. The topological polar surface area (TPSA) is 151 Å². The van der Waals surface area contributed by atoms with Crippen LogP contribution >= 0.6 is 12.6 Å². The van der Waals surface area contributed by atoms with E-state index in [9.17, 15) is 24.3 Å². The average Bonchev–Trinajstić information content (AvgIpc) is 2.65. The van der Waals surface area contributed by atoms with Crippen molar-refractivity contribution >= 4 is 36.3 Å². The van der Waals surface area contributed by atoms with Crippen LogP contribution in [0, 0.1) is 17.8 Å². The molecule has 168 valence electrons.